The van der Waals surface area contributed by atoms with E-state index in [1.165, 1.54) is 31.2 Å². The van der Waals surface area contributed by atoms with Gasteiger partial charge in [-0.1, -0.05) is 5.16 Å². The average Bonchev–Trinajstić information content (AvgIpc) is 3.07. The number of benzene rings is 1. The number of carbonyl (C=O) groups excluding carboxylic acids is 2. The summed E-state index contributed by atoms with van der Waals surface area (Å²) in [4.78, 5) is 25.6. The van der Waals surface area contributed by atoms with E-state index in [9.17, 15) is 19.1 Å². The summed E-state index contributed by atoms with van der Waals surface area (Å²) in [5.74, 6) is -1.44. The molecule has 1 saturated heterocycles. The SMILES string of the molecule is C[C@H](O)c1c(-c2ccc(F)cc2)noc1C(=O)N1CCC(C(N)=O)CC1. The van der Waals surface area contributed by atoms with Gasteiger partial charge in [-0.2, -0.15) is 0 Å². The van der Waals surface area contributed by atoms with E-state index in [2.05, 4.69) is 5.16 Å². The molecule has 1 aromatic carbocycles. The zero-order chi connectivity index (χ0) is 18.8. The lowest BCUT2D eigenvalue weighted by Gasteiger charge is -2.30. The Bertz CT molecular complexity index is 808. The van der Waals surface area contributed by atoms with E-state index < -0.39 is 17.8 Å². The molecular formula is C18H20FN3O4. The van der Waals surface area contributed by atoms with Crippen molar-refractivity contribution in [3.63, 3.8) is 0 Å². The Morgan fingerprint density at radius 1 is 1.31 bits per heavy atom. The Morgan fingerprint density at radius 2 is 1.92 bits per heavy atom. The zero-order valence-electron chi connectivity index (χ0n) is 14.3. The normalized spacial score (nSPS) is 16.5. The van der Waals surface area contributed by atoms with E-state index in [1.54, 1.807) is 4.90 Å². The van der Waals surface area contributed by atoms with Crippen LogP contribution in [-0.4, -0.2) is 40.1 Å². The minimum absolute atomic E-state index is 0.0446. The molecule has 7 nitrogen and oxygen atoms in total. The third kappa shape index (κ3) is 3.45. The predicted octanol–water partition coefficient (Wildman–Crippen LogP) is 1.87. The summed E-state index contributed by atoms with van der Waals surface area (Å²) in [6, 6.07) is 5.55. The van der Waals surface area contributed by atoms with Gasteiger partial charge in [0.2, 0.25) is 11.7 Å². The summed E-state index contributed by atoms with van der Waals surface area (Å²) >= 11 is 0. The van der Waals surface area contributed by atoms with Gasteiger partial charge >= 0.3 is 0 Å². The molecule has 0 saturated carbocycles. The molecule has 0 spiro atoms. The molecule has 2 amide bonds. The highest BCUT2D eigenvalue weighted by molar-refractivity contribution is 5.95. The number of halogens is 1. The Kier molecular flexibility index (Phi) is 5.03. The number of amides is 2. The molecule has 1 fully saturated rings. The summed E-state index contributed by atoms with van der Waals surface area (Å²) < 4.78 is 18.4. The summed E-state index contributed by atoms with van der Waals surface area (Å²) in [6.07, 6.45) is -0.0166. The molecule has 2 heterocycles. The van der Waals surface area contributed by atoms with Gasteiger partial charge in [-0.25, -0.2) is 4.39 Å². The molecule has 26 heavy (non-hydrogen) atoms. The van der Waals surface area contributed by atoms with Crippen LogP contribution in [0, 0.1) is 11.7 Å². The number of carbonyl (C=O) groups is 2. The lowest BCUT2D eigenvalue weighted by Crippen LogP contribution is -2.41. The van der Waals surface area contributed by atoms with Crippen LogP contribution in [0.1, 0.15) is 42.0 Å². The van der Waals surface area contributed by atoms with Crippen molar-refractivity contribution >= 4 is 11.8 Å². The minimum atomic E-state index is -0.997. The quantitative estimate of drug-likeness (QED) is 0.864. The Morgan fingerprint density at radius 3 is 2.46 bits per heavy atom. The molecule has 0 radical (unpaired) electrons. The predicted molar refractivity (Wildman–Crippen MR) is 90.4 cm³/mol. The van der Waals surface area contributed by atoms with Crippen molar-refractivity contribution in [2.75, 3.05) is 13.1 Å². The Balaban J connectivity index is 1.87. The number of nitrogens with zero attached hydrogens (tertiary/aromatic N) is 2. The average molecular weight is 361 g/mol. The number of aromatic nitrogens is 1. The fourth-order valence-corrected chi connectivity index (χ4v) is 3.17. The lowest BCUT2D eigenvalue weighted by molar-refractivity contribution is -0.123. The number of piperidine rings is 1. The Labute approximate surface area is 149 Å². The molecule has 1 aromatic heterocycles. The van der Waals surface area contributed by atoms with Crippen molar-refractivity contribution in [1.82, 2.24) is 10.1 Å². The summed E-state index contributed by atoms with van der Waals surface area (Å²) in [5.41, 5.74) is 6.41. The maximum Gasteiger partial charge on any atom is 0.292 e. The molecule has 1 aliphatic rings. The molecule has 0 bridgehead atoms. The minimum Gasteiger partial charge on any atom is -0.388 e. The van der Waals surface area contributed by atoms with E-state index in [-0.39, 0.29) is 23.1 Å². The second kappa shape index (κ2) is 7.25. The zero-order valence-corrected chi connectivity index (χ0v) is 14.3. The first-order valence-corrected chi connectivity index (χ1v) is 8.40. The number of primary amides is 1. The molecule has 138 valence electrons. The first-order valence-electron chi connectivity index (χ1n) is 8.40. The van der Waals surface area contributed by atoms with Crippen LogP contribution >= 0.6 is 0 Å². The highest BCUT2D eigenvalue weighted by atomic mass is 19.1. The third-order valence-corrected chi connectivity index (χ3v) is 4.64. The van der Waals surface area contributed by atoms with Gasteiger partial charge in [0.1, 0.15) is 11.5 Å². The van der Waals surface area contributed by atoms with Gasteiger partial charge in [-0.3, -0.25) is 9.59 Å². The standard InChI is InChI=1S/C18H20FN3O4/c1-10(23)14-15(11-2-4-13(19)5-3-11)21-26-16(14)18(25)22-8-6-12(7-9-22)17(20)24/h2-5,10,12,23H,6-9H2,1H3,(H2,20,24)/t10-/m0/s1. The van der Waals surface area contributed by atoms with E-state index in [4.69, 9.17) is 10.3 Å². The van der Waals surface area contributed by atoms with Crippen LogP contribution in [0.3, 0.4) is 0 Å². The van der Waals surface area contributed by atoms with Crippen molar-refractivity contribution in [3.05, 3.63) is 41.4 Å². The van der Waals surface area contributed by atoms with Crippen LogP contribution in [0.4, 0.5) is 4.39 Å². The van der Waals surface area contributed by atoms with Crippen LogP contribution in [0.25, 0.3) is 11.3 Å². The molecular weight excluding hydrogens is 341 g/mol. The van der Waals surface area contributed by atoms with Gasteiger partial charge in [0.15, 0.2) is 0 Å². The fourth-order valence-electron chi connectivity index (χ4n) is 3.17. The largest absolute Gasteiger partial charge is 0.388 e. The van der Waals surface area contributed by atoms with Crippen molar-refractivity contribution in [2.24, 2.45) is 11.7 Å². The number of rotatable bonds is 4. The topological polar surface area (TPSA) is 110 Å². The van der Waals surface area contributed by atoms with E-state index in [0.29, 0.717) is 37.2 Å². The van der Waals surface area contributed by atoms with Crippen LogP contribution < -0.4 is 5.73 Å². The first kappa shape index (κ1) is 18.1. The van der Waals surface area contributed by atoms with Crippen molar-refractivity contribution in [3.8, 4) is 11.3 Å². The van der Waals surface area contributed by atoms with Crippen molar-refractivity contribution < 1.29 is 23.6 Å². The van der Waals surface area contributed by atoms with Gasteiger partial charge in [-0.15, -0.1) is 0 Å². The Hall–Kier alpha value is -2.74. The van der Waals surface area contributed by atoms with Crippen molar-refractivity contribution in [2.45, 2.75) is 25.9 Å². The van der Waals surface area contributed by atoms with E-state index >= 15 is 0 Å². The van der Waals surface area contributed by atoms with Crippen LogP contribution in [0.15, 0.2) is 28.8 Å². The highest BCUT2D eigenvalue weighted by Gasteiger charge is 2.32. The van der Waals surface area contributed by atoms with Gasteiger partial charge in [0.25, 0.3) is 5.91 Å². The molecule has 2 aromatic rings. The van der Waals surface area contributed by atoms with Crippen LogP contribution in [-0.2, 0) is 4.79 Å². The monoisotopic (exact) mass is 361 g/mol. The first-order chi connectivity index (χ1) is 12.4. The van der Waals surface area contributed by atoms with Gasteiger partial charge in [0, 0.05) is 24.6 Å². The van der Waals surface area contributed by atoms with Crippen molar-refractivity contribution in [1.29, 1.82) is 0 Å². The second-order valence-electron chi connectivity index (χ2n) is 6.43. The molecule has 0 unspecified atom stereocenters. The molecule has 8 heteroatoms. The lowest BCUT2D eigenvalue weighted by atomic mass is 9.95. The number of nitrogens with two attached hydrogens (primary N) is 1. The molecule has 3 N–H and O–H groups in total. The van der Waals surface area contributed by atoms with E-state index in [0.717, 1.165) is 0 Å². The molecule has 1 atom stereocenters. The van der Waals surface area contributed by atoms with Gasteiger partial charge in [0.05, 0.1) is 11.7 Å². The fraction of sp³-hybridized carbons (Fsp3) is 0.389. The van der Waals surface area contributed by atoms with Gasteiger partial charge in [-0.05, 0) is 44.0 Å². The third-order valence-electron chi connectivity index (χ3n) is 4.64. The number of aliphatic hydroxyl groups is 1. The maximum absolute atomic E-state index is 13.1. The maximum atomic E-state index is 13.1. The summed E-state index contributed by atoms with van der Waals surface area (Å²) in [6.45, 7) is 2.26. The van der Waals surface area contributed by atoms with Crippen LogP contribution in [0.2, 0.25) is 0 Å². The smallest absolute Gasteiger partial charge is 0.292 e. The molecule has 0 aliphatic carbocycles. The molecule has 3 rings (SSSR count). The second-order valence-corrected chi connectivity index (χ2v) is 6.43. The summed E-state index contributed by atoms with van der Waals surface area (Å²) in [5, 5.41) is 14.1. The van der Waals surface area contributed by atoms with E-state index in [1.807, 2.05) is 0 Å². The van der Waals surface area contributed by atoms with Gasteiger partial charge < -0.3 is 20.3 Å². The number of hydrogen-bond donors (Lipinski definition) is 2. The van der Waals surface area contributed by atoms with Crippen LogP contribution in [0.5, 0.6) is 0 Å². The highest BCUT2D eigenvalue weighted by Crippen LogP contribution is 2.32. The number of hydrogen-bond acceptors (Lipinski definition) is 5. The number of likely N-dealkylation sites (tertiary alicyclic amines) is 1. The number of aliphatic hydroxyl groups excluding tert-OH is 1. The molecule has 1 aliphatic heterocycles. The summed E-state index contributed by atoms with van der Waals surface area (Å²) in [7, 11) is 0.